The zero-order valence-electron chi connectivity index (χ0n) is 7.19. The molecule has 0 bridgehead atoms. The van der Waals surface area contributed by atoms with E-state index in [1.54, 1.807) is 12.1 Å². The quantitative estimate of drug-likeness (QED) is 0.715. The van der Waals surface area contributed by atoms with E-state index < -0.39 is 10.0 Å². The van der Waals surface area contributed by atoms with Crippen molar-refractivity contribution >= 4 is 15.7 Å². The van der Waals surface area contributed by atoms with Crippen molar-refractivity contribution in [1.29, 1.82) is 0 Å². The van der Waals surface area contributed by atoms with Crippen LogP contribution in [0, 0.1) is 0 Å². The van der Waals surface area contributed by atoms with Gasteiger partial charge in [0.1, 0.15) is 0 Å². The van der Waals surface area contributed by atoms with Crippen LogP contribution in [0.25, 0.3) is 0 Å². The molecule has 13 heavy (non-hydrogen) atoms. The van der Waals surface area contributed by atoms with Crippen LogP contribution in [0.3, 0.4) is 0 Å². The zero-order valence-corrected chi connectivity index (χ0v) is 8.00. The van der Waals surface area contributed by atoms with E-state index in [4.69, 9.17) is 5.73 Å². The number of aromatic nitrogens is 1. The predicted octanol–water partition coefficient (Wildman–Crippen LogP) is -0.0882. The highest BCUT2D eigenvalue weighted by Crippen LogP contribution is 2.08. The van der Waals surface area contributed by atoms with Gasteiger partial charge in [-0.25, -0.2) is 8.42 Å². The van der Waals surface area contributed by atoms with Gasteiger partial charge >= 0.3 is 0 Å². The lowest BCUT2D eigenvalue weighted by atomic mass is 10.3. The second-order valence-corrected chi connectivity index (χ2v) is 4.36. The predicted molar refractivity (Wildman–Crippen MR) is 50.6 cm³/mol. The Hall–Kier alpha value is -1.14. The minimum absolute atomic E-state index is 0.291. The lowest BCUT2D eigenvalue weighted by Crippen LogP contribution is -2.10. The molecule has 0 fully saturated rings. The molecule has 1 aromatic heterocycles. The van der Waals surface area contributed by atoms with E-state index in [2.05, 4.69) is 9.71 Å². The Kier molecular flexibility index (Phi) is 2.84. The van der Waals surface area contributed by atoms with Crippen molar-refractivity contribution in [2.24, 2.45) is 5.73 Å². The van der Waals surface area contributed by atoms with Gasteiger partial charge in [0.05, 0.1) is 17.6 Å². The largest absolute Gasteiger partial charge is 0.325 e. The van der Waals surface area contributed by atoms with E-state index in [0.29, 0.717) is 17.9 Å². The van der Waals surface area contributed by atoms with Crippen LogP contribution in [0.4, 0.5) is 5.69 Å². The molecule has 72 valence electrons. The van der Waals surface area contributed by atoms with Crippen LogP contribution in [0.15, 0.2) is 18.3 Å². The lowest BCUT2D eigenvalue weighted by Gasteiger charge is -2.03. The summed E-state index contributed by atoms with van der Waals surface area (Å²) >= 11 is 0. The van der Waals surface area contributed by atoms with Gasteiger partial charge in [-0.05, 0) is 12.1 Å². The molecule has 5 nitrogen and oxygen atoms in total. The van der Waals surface area contributed by atoms with Gasteiger partial charge in [0.25, 0.3) is 0 Å². The average Bonchev–Trinajstić information content (AvgIpc) is 2.01. The summed E-state index contributed by atoms with van der Waals surface area (Å²) < 4.78 is 24.0. The van der Waals surface area contributed by atoms with Crippen molar-refractivity contribution in [2.45, 2.75) is 6.54 Å². The first kappa shape index (κ1) is 9.94. The Bertz CT molecular complexity index is 388. The molecule has 1 rings (SSSR count). The highest BCUT2D eigenvalue weighted by Gasteiger charge is 2.01. The third-order valence-electron chi connectivity index (χ3n) is 1.33. The van der Waals surface area contributed by atoms with Crippen molar-refractivity contribution in [1.82, 2.24) is 4.98 Å². The van der Waals surface area contributed by atoms with Gasteiger partial charge in [-0.3, -0.25) is 9.71 Å². The molecule has 0 radical (unpaired) electrons. The summed E-state index contributed by atoms with van der Waals surface area (Å²) in [5.74, 6) is 0. The number of nitrogens with one attached hydrogen (secondary N) is 1. The first-order valence-corrected chi connectivity index (χ1v) is 5.53. The molecule has 0 atom stereocenters. The summed E-state index contributed by atoms with van der Waals surface area (Å²) in [5, 5.41) is 0. The van der Waals surface area contributed by atoms with Gasteiger partial charge in [0, 0.05) is 12.7 Å². The van der Waals surface area contributed by atoms with E-state index in [1.807, 2.05) is 0 Å². The zero-order chi connectivity index (χ0) is 9.90. The van der Waals surface area contributed by atoms with Crippen LogP contribution in [-0.2, 0) is 16.6 Å². The molecule has 0 amide bonds. The second-order valence-electron chi connectivity index (χ2n) is 2.61. The molecule has 0 aliphatic rings. The number of nitrogens with zero attached hydrogens (tertiary/aromatic N) is 1. The van der Waals surface area contributed by atoms with Gasteiger partial charge in [-0.15, -0.1) is 0 Å². The number of anilines is 1. The number of pyridine rings is 1. The summed E-state index contributed by atoms with van der Waals surface area (Å²) in [7, 11) is -3.22. The van der Waals surface area contributed by atoms with Crippen LogP contribution in [0.2, 0.25) is 0 Å². The lowest BCUT2D eigenvalue weighted by molar-refractivity contribution is 0.607. The summed E-state index contributed by atoms with van der Waals surface area (Å²) in [5.41, 5.74) is 6.47. The van der Waals surface area contributed by atoms with Gasteiger partial charge < -0.3 is 5.73 Å². The molecule has 1 aromatic rings. The number of rotatable bonds is 3. The van der Waals surface area contributed by atoms with E-state index in [1.165, 1.54) is 6.20 Å². The fraction of sp³-hybridized carbons (Fsp3) is 0.286. The summed E-state index contributed by atoms with van der Waals surface area (Å²) in [6, 6.07) is 3.17. The SMILES string of the molecule is CS(=O)(=O)Nc1ccnc(CN)c1. The van der Waals surface area contributed by atoms with Crippen molar-refractivity contribution < 1.29 is 8.42 Å². The maximum atomic E-state index is 10.8. The standard InChI is InChI=1S/C7H11N3O2S/c1-13(11,12)10-6-2-3-9-7(4-6)5-8/h2-4H,5,8H2,1H3,(H,9,10). The number of nitrogens with two attached hydrogens (primary N) is 1. The summed E-state index contributed by atoms with van der Waals surface area (Å²) in [4.78, 5) is 3.93. The van der Waals surface area contributed by atoms with E-state index in [-0.39, 0.29) is 0 Å². The monoisotopic (exact) mass is 201 g/mol. The number of sulfonamides is 1. The third-order valence-corrected chi connectivity index (χ3v) is 1.94. The van der Waals surface area contributed by atoms with Crippen molar-refractivity contribution in [3.63, 3.8) is 0 Å². The van der Waals surface area contributed by atoms with Gasteiger partial charge in [0.15, 0.2) is 0 Å². The van der Waals surface area contributed by atoms with Gasteiger partial charge in [0.2, 0.25) is 10.0 Å². The first-order valence-electron chi connectivity index (χ1n) is 3.64. The van der Waals surface area contributed by atoms with E-state index >= 15 is 0 Å². The number of hydrogen-bond acceptors (Lipinski definition) is 4. The van der Waals surface area contributed by atoms with Crippen LogP contribution in [0.5, 0.6) is 0 Å². The smallest absolute Gasteiger partial charge is 0.229 e. The number of hydrogen-bond donors (Lipinski definition) is 2. The molecule has 0 aliphatic carbocycles. The molecule has 0 spiro atoms. The Balaban J connectivity index is 2.90. The van der Waals surface area contributed by atoms with Crippen LogP contribution in [-0.4, -0.2) is 19.7 Å². The van der Waals surface area contributed by atoms with E-state index in [0.717, 1.165) is 6.26 Å². The maximum absolute atomic E-state index is 10.8. The van der Waals surface area contributed by atoms with Crippen molar-refractivity contribution in [2.75, 3.05) is 11.0 Å². The fourth-order valence-corrected chi connectivity index (χ4v) is 1.42. The first-order chi connectivity index (χ1) is 6.01. The van der Waals surface area contributed by atoms with Crippen LogP contribution >= 0.6 is 0 Å². The molecule has 6 heteroatoms. The Morgan fingerprint density at radius 3 is 2.85 bits per heavy atom. The minimum atomic E-state index is -3.22. The van der Waals surface area contributed by atoms with Gasteiger partial charge in [-0.2, -0.15) is 0 Å². The molecular weight excluding hydrogens is 190 g/mol. The highest BCUT2D eigenvalue weighted by atomic mass is 32.2. The normalized spacial score (nSPS) is 11.2. The van der Waals surface area contributed by atoms with Gasteiger partial charge in [-0.1, -0.05) is 0 Å². The Morgan fingerprint density at radius 2 is 2.31 bits per heavy atom. The maximum Gasteiger partial charge on any atom is 0.229 e. The molecule has 0 saturated heterocycles. The van der Waals surface area contributed by atoms with Crippen LogP contribution in [0.1, 0.15) is 5.69 Å². The molecule has 0 aromatic carbocycles. The average molecular weight is 201 g/mol. The molecule has 0 unspecified atom stereocenters. The van der Waals surface area contributed by atoms with Crippen molar-refractivity contribution in [3.05, 3.63) is 24.0 Å². The topological polar surface area (TPSA) is 85.1 Å². The molecular formula is C7H11N3O2S. The summed E-state index contributed by atoms with van der Waals surface area (Å²) in [6.45, 7) is 0.291. The second kappa shape index (κ2) is 3.71. The Labute approximate surface area is 77.0 Å². The molecule has 3 N–H and O–H groups in total. The minimum Gasteiger partial charge on any atom is -0.325 e. The Morgan fingerprint density at radius 1 is 1.62 bits per heavy atom. The molecule has 1 heterocycles. The highest BCUT2D eigenvalue weighted by molar-refractivity contribution is 7.92. The summed E-state index contributed by atoms with van der Waals surface area (Å²) in [6.07, 6.45) is 2.60. The van der Waals surface area contributed by atoms with Crippen LogP contribution < -0.4 is 10.5 Å². The molecule has 0 saturated carbocycles. The third kappa shape index (κ3) is 3.39. The molecule has 0 aliphatic heterocycles. The fourth-order valence-electron chi connectivity index (χ4n) is 0.867. The van der Waals surface area contributed by atoms with Crippen molar-refractivity contribution in [3.8, 4) is 0 Å². The van der Waals surface area contributed by atoms with E-state index in [9.17, 15) is 8.42 Å².